The molecule has 3 aliphatic rings. The number of halogens is 1. The minimum absolute atomic E-state index is 0.0378. The van der Waals surface area contributed by atoms with Crippen molar-refractivity contribution in [1.29, 1.82) is 0 Å². The average Bonchev–Trinajstić information content (AvgIpc) is 3.87. The number of amides is 2. The van der Waals surface area contributed by atoms with Gasteiger partial charge in [0.15, 0.2) is 5.65 Å². The van der Waals surface area contributed by atoms with Crippen LogP contribution < -0.4 is 15.5 Å². The highest BCUT2D eigenvalue weighted by Crippen LogP contribution is 2.48. The number of imidazole rings is 1. The number of benzene rings is 1. The van der Waals surface area contributed by atoms with Gasteiger partial charge in [-0.1, -0.05) is 30.7 Å². The highest BCUT2D eigenvalue weighted by Gasteiger charge is 2.44. The van der Waals surface area contributed by atoms with Gasteiger partial charge in [0.1, 0.15) is 18.0 Å². The quantitative estimate of drug-likeness (QED) is 0.302. The minimum atomic E-state index is -0.0944. The Balaban J connectivity index is 1.04. The number of pyridine rings is 1. The molecular formula is C30H30ClN7O2. The van der Waals surface area contributed by atoms with E-state index in [1.165, 1.54) is 24.7 Å². The third-order valence-electron chi connectivity index (χ3n) is 8.19. The van der Waals surface area contributed by atoms with E-state index in [0.717, 1.165) is 42.0 Å². The number of nitrogens with zero attached hydrogens (tertiary/aromatic N) is 5. The second-order valence-electron chi connectivity index (χ2n) is 11.2. The van der Waals surface area contributed by atoms with Crippen molar-refractivity contribution in [3.8, 4) is 0 Å². The summed E-state index contributed by atoms with van der Waals surface area (Å²) in [5.41, 5.74) is 4.86. The number of fused-ring (bicyclic) bond motifs is 1. The van der Waals surface area contributed by atoms with Crippen molar-refractivity contribution in [3.05, 3.63) is 77.0 Å². The van der Waals surface area contributed by atoms with Crippen LogP contribution in [0.1, 0.15) is 61.3 Å². The topological polar surface area (TPSA) is 105 Å². The van der Waals surface area contributed by atoms with Crippen LogP contribution in [-0.2, 0) is 16.1 Å². The van der Waals surface area contributed by atoms with Crippen LogP contribution in [-0.4, -0.2) is 37.7 Å². The number of nitrogens with one attached hydrogen (secondary N) is 2. The number of carbonyl (C=O) groups excluding carboxylic acids is 2. The first-order valence-electron chi connectivity index (χ1n) is 13.9. The summed E-state index contributed by atoms with van der Waals surface area (Å²) in [6.45, 7) is 3.15. The average molecular weight is 556 g/mol. The lowest BCUT2D eigenvalue weighted by Gasteiger charge is -2.18. The first kappa shape index (κ1) is 25.0. The summed E-state index contributed by atoms with van der Waals surface area (Å²) in [6.07, 6.45) is 9.62. The molecule has 9 nitrogen and oxygen atoms in total. The second kappa shape index (κ2) is 9.89. The van der Waals surface area contributed by atoms with E-state index in [2.05, 4.69) is 32.9 Å². The zero-order chi connectivity index (χ0) is 27.4. The molecule has 3 fully saturated rings. The van der Waals surface area contributed by atoms with E-state index >= 15 is 0 Å². The molecule has 0 spiro atoms. The minimum Gasteiger partial charge on any atom is -0.364 e. The Labute approximate surface area is 237 Å². The molecule has 1 aliphatic heterocycles. The standard InChI is InChI=1S/C30H30ClN7O2/c1-17-7-8-38(30(17)40)25-10-20(18-5-6-18)14-37-15-22(35-28(25)37)13-32-26-12-27(34-16-33-26)36-29(39)24-11-23(24)19-3-2-4-21(31)9-19/h2-4,9-10,12,14-18,23-24H,5-8,11,13H2,1H3,(H2,32,33,34,36,39)/t17-,23+,24-/m0/s1. The van der Waals surface area contributed by atoms with Gasteiger partial charge in [0.05, 0.1) is 17.9 Å². The Bertz CT molecular complexity index is 1630. The predicted molar refractivity (Wildman–Crippen MR) is 154 cm³/mol. The molecule has 4 aromatic rings. The molecule has 1 aromatic carbocycles. The summed E-state index contributed by atoms with van der Waals surface area (Å²) >= 11 is 6.11. The van der Waals surface area contributed by atoms with Crippen LogP contribution in [0.15, 0.2) is 55.1 Å². The van der Waals surface area contributed by atoms with Crippen molar-refractivity contribution in [2.75, 3.05) is 22.1 Å². The van der Waals surface area contributed by atoms with E-state index in [-0.39, 0.29) is 29.6 Å². The van der Waals surface area contributed by atoms with Crippen molar-refractivity contribution in [1.82, 2.24) is 19.4 Å². The van der Waals surface area contributed by atoms with Crippen LogP contribution in [0.4, 0.5) is 17.3 Å². The maximum atomic E-state index is 12.8. The lowest BCUT2D eigenvalue weighted by Crippen LogP contribution is -2.27. The molecule has 3 atom stereocenters. The fraction of sp³-hybridized carbons (Fsp3) is 0.367. The third-order valence-corrected chi connectivity index (χ3v) is 8.42. The van der Waals surface area contributed by atoms with E-state index < -0.39 is 0 Å². The molecule has 1 saturated heterocycles. The third kappa shape index (κ3) is 4.90. The molecule has 2 aliphatic carbocycles. The van der Waals surface area contributed by atoms with Crippen LogP contribution in [0.5, 0.6) is 0 Å². The summed E-state index contributed by atoms with van der Waals surface area (Å²) in [4.78, 5) is 41.0. The molecule has 40 heavy (non-hydrogen) atoms. The van der Waals surface area contributed by atoms with Gasteiger partial charge in [0.25, 0.3) is 0 Å². The van der Waals surface area contributed by atoms with Gasteiger partial charge < -0.3 is 19.9 Å². The zero-order valence-electron chi connectivity index (χ0n) is 22.2. The molecule has 0 radical (unpaired) electrons. The molecule has 4 heterocycles. The van der Waals surface area contributed by atoms with Crippen LogP contribution in [0.3, 0.4) is 0 Å². The van der Waals surface area contributed by atoms with Crippen molar-refractivity contribution >= 4 is 46.4 Å². The van der Waals surface area contributed by atoms with Gasteiger partial charge in [-0.15, -0.1) is 0 Å². The first-order valence-corrected chi connectivity index (χ1v) is 14.3. The van der Waals surface area contributed by atoms with Crippen LogP contribution in [0.25, 0.3) is 5.65 Å². The maximum Gasteiger partial charge on any atom is 0.229 e. The highest BCUT2D eigenvalue weighted by molar-refractivity contribution is 6.30. The van der Waals surface area contributed by atoms with E-state index in [9.17, 15) is 9.59 Å². The lowest BCUT2D eigenvalue weighted by molar-refractivity contribution is -0.120. The molecular weight excluding hydrogens is 526 g/mol. The Morgan fingerprint density at radius 1 is 1.07 bits per heavy atom. The summed E-state index contributed by atoms with van der Waals surface area (Å²) in [5.74, 6) is 1.84. The van der Waals surface area contributed by atoms with Crippen molar-refractivity contribution in [2.24, 2.45) is 11.8 Å². The summed E-state index contributed by atoms with van der Waals surface area (Å²) in [7, 11) is 0. The Hall–Kier alpha value is -3.98. The number of hydrogen-bond donors (Lipinski definition) is 2. The SMILES string of the molecule is C[C@H]1CCN(c2cc(C3CC3)cn3cc(CNc4cc(NC(=O)[C@H]5C[C@@H]5c5cccc(Cl)c5)ncn4)nc23)C1=O. The number of carbonyl (C=O) groups is 2. The van der Waals surface area contributed by atoms with Gasteiger partial charge in [-0.25, -0.2) is 15.0 Å². The second-order valence-corrected chi connectivity index (χ2v) is 11.6. The molecule has 204 valence electrons. The first-order chi connectivity index (χ1) is 19.4. The smallest absolute Gasteiger partial charge is 0.229 e. The van der Waals surface area contributed by atoms with E-state index in [4.69, 9.17) is 16.6 Å². The van der Waals surface area contributed by atoms with Crippen molar-refractivity contribution < 1.29 is 9.59 Å². The molecule has 7 rings (SSSR count). The molecule has 2 saturated carbocycles. The monoisotopic (exact) mass is 555 g/mol. The molecule has 0 bridgehead atoms. The highest BCUT2D eigenvalue weighted by atomic mass is 35.5. The van der Waals surface area contributed by atoms with Gasteiger partial charge in [-0.3, -0.25) is 9.59 Å². The Morgan fingerprint density at radius 2 is 1.93 bits per heavy atom. The molecule has 3 aromatic heterocycles. The Morgan fingerprint density at radius 3 is 2.70 bits per heavy atom. The fourth-order valence-corrected chi connectivity index (χ4v) is 5.85. The number of hydrogen-bond acceptors (Lipinski definition) is 6. The lowest BCUT2D eigenvalue weighted by atomic mass is 10.1. The van der Waals surface area contributed by atoms with Gasteiger partial charge >= 0.3 is 0 Å². The number of anilines is 3. The van der Waals surface area contributed by atoms with Crippen molar-refractivity contribution in [2.45, 2.75) is 51.0 Å². The molecule has 0 unspecified atom stereocenters. The van der Waals surface area contributed by atoms with Gasteiger partial charge in [-0.05, 0) is 66.8 Å². The van der Waals surface area contributed by atoms with Gasteiger partial charge in [0.2, 0.25) is 11.8 Å². The zero-order valence-corrected chi connectivity index (χ0v) is 22.9. The maximum absolute atomic E-state index is 12.8. The van der Waals surface area contributed by atoms with E-state index in [0.29, 0.717) is 29.1 Å². The number of aromatic nitrogens is 4. The molecule has 10 heteroatoms. The van der Waals surface area contributed by atoms with Crippen LogP contribution in [0, 0.1) is 11.8 Å². The fourth-order valence-electron chi connectivity index (χ4n) is 5.65. The van der Waals surface area contributed by atoms with Crippen molar-refractivity contribution in [3.63, 3.8) is 0 Å². The number of rotatable bonds is 8. The summed E-state index contributed by atoms with van der Waals surface area (Å²) in [6, 6.07) is 11.6. The van der Waals surface area contributed by atoms with Crippen LogP contribution in [0.2, 0.25) is 5.02 Å². The summed E-state index contributed by atoms with van der Waals surface area (Å²) in [5, 5.41) is 6.91. The van der Waals surface area contributed by atoms with Gasteiger partial charge in [0, 0.05) is 41.9 Å². The van der Waals surface area contributed by atoms with E-state index in [1.807, 2.05) is 46.7 Å². The molecule has 2 N–H and O–H groups in total. The molecule has 2 amide bonds. The predicted octanol–water partition coefficient (Wildman–Crippen LogP) is 5.38. The van der Waals surface area contributed by atoms with Gasteiger partial charge in [-0.2, -0.15) is 0 Å². The largest absolute Gasteiger partial charge is 0.364 e. The Kier molecular flexibility index (Phi) is 6.19. The van der Waals surface area contributed by atoms with E-state index in [1.54, 1.807) is 6.07 Å². The summed E-state index contributed by atoms with van der Waals surface area (Å²) < 4.78 is 2.05. The van der Waals surface area contributed by atoms with Crippen LogP contribution >= 0.6 is 11.6 Å². The normalized spacial score (nSPS) is 22.1.